The quantitative estimate of drug-likeness (QED) is 0.625. The van der Waals surface area contributed by atoms with Gasteiger partial charge in [0, 0.05) is 5.70 Å². The Bertz CT molecular complexity index is 1210. The molecule has 0 radical (unpaired) electrons. The monoisotopic (exact) mass is 467 g/mol. The third-order valence-electron chi connectivity index (χ3n) is 5.31. The van der Waals surface area contributed by atoms with Gasteiger partial charge in [-0.1, -0.05) is 36.0 Å². The Balaban J connectivity index is 1.68. The average molecular weight is 468 g/mol. The highest BCUT2D eigenvalue weighted by Crippen LogP contribution is 2.45. The van der Waals surface area contributed by atoms with Gasteiger partial charge in [-0.3, -0.25) is 4.79 Å². The van der Waals surface area contributed by atoms with Crippen molar-refractivity contribution in [1.29, 1.82) is 0 Å². The van der Waals surface area contributed by atoms with Crippen molar-refractivity contribution >= 4 is 34.5 Å². The highest BCUT2D eigenvalue weighted by atomic mass is 32.2. The minimum atomic E-state index is -0.567. The summed E-state index contributed by atoms with van der Waals surface area (Å²) in [5.74, 6) is -0.770. The van der Waals surface area contributed by atoms with Crippen LogP contribution < -0.4 is 10.1 Å². The van der Waals surface area contributed by atoms with Gasteiger partial charge < -0.3 is 19.7 Å². The number of benzene rings is 2. The standard InChI is InChI=1S/C24H22FN3O4S/c1-14-21(23(30)32-3)22(15-7-6-8-17(11-15)31-2)28-16(13-33-24(28)26-14)12-20(29)27-19-10-5-4-9-18(19)25/h4-11,13,22H,12H2,1-3H3,(H,27,29)/t22-/m1/s1. The van der Waals surface area contributed by atoms with Gasteiger partial charge in [-0.05, 0) is 42.2 Å². The smallest absolute Gasteiger partial charge is 0.338 e. The fourth-order valence-electron chi connectivity index (χ4n) is 3.79. The van der Waals surface area contributed by atoms with E-state index in [1.807, 2.05) is 34.6 Å². The number of nitrogens with zero attached hydrogens (tertiary/aromatic N) is 2. The molecule has 33 heavy (non-hydrogen) atoms. The van der Waals surface area contributed by atoms with Crippen molar-refractivity contribution in [2.75, 3.05) is 19.5 Å². The number of allylic oxidation sites excluding steroid dienone is 1. The molecule has 4 rings (SSSR count). The van der Waals surface area contributed by atoms with Crippen molar-refractivity contribution in [2.24, 2.45) is 4.99 Å². The molecule has 0 bridgehead atoms. The number of hydrogen-bond acceptors (Lipinski definition) is 7. The zero-order chi connectivity index (χ0) is 23.5. The summed E-state index contributed by atoms with van der Waals surface area (Å²) in [6.07, 6.45) is -0.0334. The second-order valence-electron chi connectivity index (χ2n) is 7.37. The number of amidine groups is 1. The largest absolute Gasteiger partial charge is 0.497 e. The van der Waals surface area contributed by atoms with Crippen LogP contribution in [0.1, 0.15) is 24.9 Å². The molecule has 0 aromatic heterocycles. The molecule has 0 spiro atoms. The number of rotatable bonds is 6. The van der Waals surface area contributed by atoms with Crippen LogP contribution in [0.25, 0.3) is 0 Å². The summed E-state index contributed by atoms with van der Waals surface area (Å²) in [4.78, 5) is 31.9. The number of amides is 1. The number of carbonyl (C=O) groups is 2. The van der Waals surface area contributed by atoms with Crippen LogP contribution in [0, 0.1) is 5.82 Å². The fourth-order valence-corrected chi connectivity index (χ4v) is 4.75. The van der Waals surface area contributed by atoms with Crippen LogP contribution in [-0.2, 0) is 14.3 Å². The van der Waals surface area contributed by atoms with Gasteiger partial charge in [-0.25, -0.2) is 14.2 Å². The second kappa shape index (κ2) is 9.50. The van der Waals surface area contributed by atoms with Crippen LogP contribution in [-0.4, -0.2) is 36.2 Å². The van der Waals surface area contributed by atoms with Gasteiger partial charge in [-0.15, -0.1) is 0 Å². The van der Waals surface area contributed by atoms with E-state index < -0.39 is 17.8 Å². The second-order valence-corrected chi connectivity index (χ2v) is 8.20. The molecule has 2 aliphatic rings. The van der Waals surface area contributed by atoms with E-state index in [2.05, 4.69) is 10.3 Å². The van der Waals surface area contributed by atoms with Gasteiger partial charge in [0.05, 0.1) is 43.6 Å². The lowest BCUT2D eigenvalue weighted by molar-refractivity contribution is -0.136. The Hall–Kier alpha value is -3.59. The van der Waals surface area contributed by atoms with Crippen LogP contribution in [0.4, 0.5) is 10.1 Å². The number of methoxy groups -OCH3 is 2. The van der Waals surface area contributed by atoms with Gasteiger partial charge in [0.2, 0.25) is 5.91 Å². The molecule has 0 saturated heterocycles. The summed E-state index contributed by atoms with van der Waals surface area (Å²) in [6.45, 7) is 1.76. The van der Waals surface area contributed by atoms with Crippen LogP contribution in [0.15, 0.2) is 75.9 Å². The Morgan fingerprint density at radius 3 is 2.70 bits per heavy atom. The third-order valence-corrected chi connectivity index (χ3v) is 6.19. The lowest BCUT2D eigenvalue weighted by atomic mass is 9.93. The summed E-state index contributed by atoms with van der Waals surface area (Å²) in [7, 11) is 2.89. The van der Waals surface area contributed by atoms with E-state index >= 15 is 0 Å². The van der Waals surface area contributed by atoms with Crippen molar-refractivity contribution in [3.8, 4) is 5.75 Å². The van der Waals surface area contributed by atoms with Gasteiger partial charge >= 0.3 is 5.97 Å². The van der Waals surface area contributed by atoms with Gasteiger partial charge in [0.15, 0.2) is 5.17 Å². The van der Waals surface area contributed by atoms with Crippen LogP contribution >= 0.6 is 11.8 Å². The number of fused-ring (bicyclic) bond motifs is 1. The fraction of sp³-hybridized carbons (Fsp3) is 0.208. The van der Waals surface area contributed by atoms with Crippen molar-refractivity contribution in [3.63, 3.8) is 0 Å². The summed E-state index contributed by atoms with van der Waals surface area (Å²) in [5.41, 5.74) is 2.44. The summed E-state index contributed by atoms with van der Waals surface area (Å²) in [5, 5.41) is 5.07. The van der Waals surface area contributed by atoms with Crippen molar-refractivity contribution in [1.82, 2.24) is 4.90 Å². The van der Waals surface area contributed by atoms with E-state index in [0.717, 1.165) is 5.56 Å². The minimum absolute atomic E-state index is 0.0334. The normalized spacial score (nSPS) is 17.2. The minimum Gasteiger partial charge on any atom is -0.497 e. The zero-order valence-corrected chi connectivity index (χ0v) is 19.1. The number of nitrogens with one attached hydrogen (secondary N) is 1. The molecule has 1 atom stereocenters. The van der Waals surface area contributed by atoms with E-state index in [4.69, 9.17) is 9.47 Å². The topological polar surface area (TPSA) is 80.2 Å². The highest BCUT2D eigenvalue weighted by Gasteiger charge is 2.41. The molecule has 1 N–H and O–H groups in total. The number of carbonyl (C=O) groups excluding carboxylic acids is 2. The van der Waals surface area contributed by atoms with Crippen LogP contribution in [0.3, 0.4) is 0 Å². The first-order valence-corrected chi connectivity index (χ1v) is 11.0. The molecule has 0 fully saturated rings. The molecular formula is C24H22FN3O4S. The van der Waals surface area contributed by atoms with Crippen molar-refractivity contribution < 1.29 is 23.5 Å². The Labute approximate surface area is 195 Å². The predicted octanol–water partition coefficient (Wildman–Crippen LogP) is 4.61. The van der Waals surface area contributed by atoms with Crippen molar-refractivity contribution in [2.45, 2.75) is 19.4 Å². The number of halogens is 1. The summed E-state index contributed by atoms with van der Waals surface area (Å²) >= 11 is 1.36. The number of hydrogen-bond donors (Lipinski definition) is 1. The molecular weight excluding hydrogens is 445 g/mol. The first kappa shape index (κ1) is 22.6. The average Bonchev–Trinajstić information content (AvgIpc) is 3.20. The molecule has 0 saturated carbocycles. The summed E-state index contributed by atoms with van der Waals surface area (Å²) < 4.78 is 24.4. The maximum Gasteiger partial charge on any atom is 0.338 e. The molecule has 2 heterocycles. The van der Waals surface area contributed by atoms with Gasteiger partial charge in [-0.2, -0.15) is 0 Å². The first-order valence-electron chi connectivity index (χ1n) is 10.1. The maximum absolute atomic E-state index is 14.0. The molecule has 170 valence electrons. The molecule has 9 heteroatoms. The number of para-hydroxylation sites is 1. The first-order chi connectivity index (χ1) is 15.9. The SMILES string of the molecule is COC(=O)C1=C(C)N=C2SC=C(CC(=O)Nc3ccccc3F)N2[C@@H]1c1cccc(OC)c1. The number of aliphatic imine (C=N–C) groups is 1. The molecule has 1 amide bonds. The third kappa shape index (κ3) is 4.49. The number of ether oxygens (including phenoxy) is 2. The predicted molar refractivity (Wildman–Crippen MR) is 125 cm³/mol. The summed E-state index contributed by atoms with van der Waals surface area (Å²) in [6, 6.07) is 12.8. The number of anilines is 1. The molecule has 2 aliphatic heterocycles. The van der Waals surface area contributed by atoms with Crippen LogP contribution in [0.5, 0.6) is 5.75 Å². The Kier molecular flexibility index (Phi) is 6.50. The van der Waals surface area contributed by atoms with E-state index in [9.17, 15) is 14.0 Å². The van der Waals surface area contributed by atoms with E-state index in [-0.39, 0.29) is 18.0 Å². The van der Waals surface area contributed by atoms with E-state index in [1.54, 1.807) is 26.2 Å². The molecule has 2 aromatic carbocycles. The number of esters is 1. The molecule has 0 aliphatic carbocycles. The van der Waals surface area contributed by atoms with E-state index in [1.165, 1.54) is 31.0 Å². The lowest BCUT2D eigenvalue weighted by Gasteiger charge is -2.36. The Morgan fingerprint density at radius 1 is 1.18 bits per heavy atom. The molecule has 2 aromatic rings. The zero-order valence-electron chi connectivity index (χ0n) is 18.3. The van der Waals surface area contributed by atoms with Gasteiger partial charge in [0.1, 0.15) is 11.6 Å². The van der Waals surface area contributed by atoms with Crippen LogP contribution in [0.2, 0.25) is 0 Å². The maximum atomic E-state index is 14.0. The lowest BCUT2D eigenvalue weighted by Crippen LogP contribution is -2.37. The van der Waals surface area contributed by atoms with E-state index in [0.29, 0.717) is 27.9 Å². The van der Waals surface area contributed by atoms with Crippen molar-refractivity contribution in [3.05, 3.63) is 82.3 Å². The van der Waals surface area contributed by atoms with Gasteiger partial charge in [0.25, 0.3) is 0 Å². The highest BCUT2D eigenvalue weighted by molar-refractivity contribution is 8.16. The molecule has 0 unspecified atom stereocenters. The Morgan fingerprint density at radius 2 is 1.97 bits per heavy atom. The number of thioether (sulfide) groups is 1. The molecule has 7 nitrogen and oxygen atoms in total.